The van der Waals surface area contributed by atoms with E-state index in [4.69, 9.17) is 4.74 Å². The summed E-state index contributed by atoms with van der Waals surface area (Å²) in [7, 11) is -2.96. The third-order valence-electron chi connectivity index (χ3n) is 3.30. The molecule has 0 aliphatic carbocycles. The van der Waals surface area contributed by atoms with Gasteiger partial charge in [0.15, 0.2) is 9.84 Å². The predicted molar refractivity (Wildman–Crippen MR) is 70.0 cm³/mol. The molecule has 0 bridgehead atoms. The molecule has 0 aromatic heterocycles. The van der Waals surface area contributed by atoms with E-state index < -0.39 is 9.84 Å². The number of ether oxygens (including phenoxy) is 1. The van der Waals surface area contributed by atoms with Crippen molar-refractivity contribution < 1.29 is 13.2 Å². The second-order valence-corrected chi connectivity index (χ2v) is 6.95. The van der Waals surface area contributed by atoms with E-state index in [1.165, 1.54) is 0 Å². The van der Waals surface area contributed by atoms with Crippen LogP contribution in [0.1, 0.15) is 39.5 Å². The van der Waals surface area contributed by atoms with Gasteiger partial charge in [0.1, 0.15) is 0 Å². The van der Waals surface area contributed by atoms with E-state index in [-0.39, 0.29) is 17.6 Å². The zero-order valence-corrected chi connectivity index (χ0v) is 11.8. The lowest BCUT2D eigenvalue weighted by Gasteiger charge is -2.15. The maximum atomic E-state index is 11.8. The van der Waals surface area contributed by atoms with E-state index in [2.05, 4.69) is 19.2 Å². The molecular weight excluding hydrogens is 238 g/mol. The van der Waals surface area contributed by atoms with Crippen LogP contribution in [0.3, 0.4) is 0 Å². The molecule has 0 saturated carbocycles. The van der Waals surface area contributed by atoms with Crippen LogP contribution in [0.5, 0.6) is 0 Å². The Bertz CT molecular complexity index is 293. The van der Waals surface area contributed by atoms with Crippen molar-refractivity contribution >= 4 is 9.84 Å². The average molecular weight is 263 g/mol. The first-order valence-electron chi connectivity index (χ1n) is 6.62. The van der Waals surface area contributed by atoms with Gasteiger partial charge >= 0.3 is 0 Å². The first-order valence-corrected chi connectivity index (χ1v) is 8.45. The van der Waals surface area contributed by atoms with Gasteiger partial charge in [-0.2, -0.15) is 0 Å². The van der Waals surface area contributed by atoms with E-state index in [9.17, 15) is 8.42 Å². The molecule has 1 aliphatic rings. The molecule has 17 heavy (non-hydrogen) atoms. The minimum absolute atomic E-state index is 0.0619. The van der Waals surface area contributed by atoms with Gasteiger partial charge in [-0.25, -0.2) is 8.42 Å². The molecular formula is C12H25NO3S. The van der Waals surface area contributed by atoms with Crippen molar-refractivity contribution in [3.8, 4) is 0 Å². The van der Waals surface area contributed by atoms with Crippen LogP contribution in [0.2, 0.25) is 0 Å². The number of rotatable bonds is 8. The highest BCUT2D eigenvalue weighted by molar-refractivity contribution is 7.91. The van der Waals surface area contributed by atoms with Crippen molar-refractivity contribution in [3.63, 3.8) is 0 Å². The van der Waals surface area contributed by atoms with Crippen LogP contribution in [0.4, 0.5) is 0 Å². The average Bonchev–Trinajstić information content (AvgIpc) is 2.76. The minimum Gasteiger partial charge on any atom is -0.377 e. The van der Waals surface area contributed by atoms with Gasteiger partial charge in [-0.1, -0.05) is 13.8 Å². The molecule has 1 saturated heterocycles. The van der Waals surface area contributed by atoms with Gasteiger partial charge in [-0.15, -0.1) is 0 Å². The van der Waals surface area contributed by atoms with Gasteiger partial charge in [-0.05, 0) is 25.7 Å². The fourth-order valence-electron chi connectivity index (χ4n) is 2.14. The van der Waals surface area contributed by atoms with Gasteiger partial charge in [-0.3, -0.25) is 0 Å². The molecule has 1 fully saturated rings. The van der Waals surface area contributed by atoms with Crippen LogP contribution in [-0.2, 0) is 14.6 Å². The highest BCUT2D eigenvalue weighted by Crippen LogP contribution is 2.14. The zero-order chi connectivity index (χ0) is 12.7. The summed E-state index contributed by atoms with van der Waals surface area (Å²) in [4.78, 5) is 0. The summed E-state index contributed by atoms with van der Waals surface area (Å²) in [5.41, 5.74) is 0. The Morgan fingerprint density at radius 3 is 2.59 bits per heavy atom. The molecule has 5 heteroatoms. The molecule has 4 nitrogen and oxygen atoms in total. The smallest absolute Gasteiger partial charge is 0.154 e. The van der Waals surface area contributed by atoms with Crippen molar-refractivity contribution in [2.45, 2.75) is 51.7 Å². The first kappa shape index (κ1) is 14.9. The van der Waals surface area contributed by atoms with E-state index in [1.54, 1.807) is 0 Å². The van der Waals surface area contributed by atoms with Crippen LogP contribution >= 0.6 is 0 Å². The topological polar surface area (TPSA) is 55.4 Å². The summed E-state index contributed by atoms with van der Waals surface area (Å²) in [5.74, 6) is 0.418. The maximum Gasteiger partial charge on any atom is 0.154 e. The molecule has 102 valence electrons. The number of sulfone groups is 1. The van der Waals surface area contributed by atoms with Crippen molar-refractivity contribution in [2.75, 3.05) is 24.7 Å². The molecule has 0 aromatic rings. The Hall–Kier alpha value is -0.130. The van der Waals surface area contributed by atoms with E-state index in [0.29, 0.717) is 19.2 Å². The molecule has 1 heterocycles. The van der Waals surface area contributed by atoms with Gasteiger partial charge in [0.05, 0.1) is 17.6 Å². The molecule has 0 spiro atoms. The Morgan fingerprint density at radius 1 is 1.35 bits per heavy atom. The zero-order valence-electron chi connectivity index (χ0n) is 10.9. The normalized spacial score (nSPS) is 21.2. The van der Waals surface area contributed by atoms with Crippen LogP contribution < -0.4 is 5.32 Å². The monoisotopic (exact) mass is 263 g/mol. The van der Waals surface area contributed by atoms with Crippen molar-refractivity contribution in [2.24, 2.45) is 0 Å². The molecule has 1 rings (SSSR count). The standard InChI is InChI=1S/C12H25NO3S/c1-3-11(4-2)13-7-9-17(14,15)10-12-6-5-8-16-12/h11-13H,3-10H2,1-2H3. The summed E-state index contributed by atoms with van der Waals surface area (Å²) in [6.45, 7) is 5.50. The summed E-state index contributed by atoms with van der Waals surface area (Å²) in [6.07, 6.45) is 3.91. The summed E-state index contributed by atoms with van der Waals surface area (Å²) in [6, 6.07) is 0.438. The summed E-state index contributed by atoms with van der Waals surface area (Å²) in [5, 5.41) is 3.28. The fraction of sp³-hybridized carbons (Fsp3) is 1.00. The number of hydrogen-bond acceptors (Lipinski definition) is 4. The van der Waals surface area contributed by atoms with Gasteiger partial charge in [0, 0.05) is 19.2 Å². The maximum absolute atomic E-state index is 11.8. The Balaban J connectivity index is 2.24. The minimum atomic E-state index is -2.96. The van der Waals surface area contributed by atoms with E-state index >= 15 is 0 Å². The Kier molecular flexibility index (Phi) is 6.44. The van der Waals surface area contributed by atoms with Gasteiger partial charge in [0.2, 0.25) is 0 Å². The van der Waals surface area contributed by atoms with Crippen LogP contribution in [-0.4, -0.2) is 45.2 Å². The summed E-state index contributed by atoms with van der Waals surface area (Å²) >= 11 is 0. The highest BCUT2D eigenvalue weighted by Gasteiger charge is 2.23. The first-order chi connectivity index (χ1) is 8.07. The largest absolute Gasteiger partial charge is 0.377 e. The lowest BCUT2D eigenvalue weighted by Crippen LogP contribution is -2.34. The molecule has 1 unspecified atom stereocenters. The van der Waals surface area contributed by atoms with E-state index in [1.807, 2.05) is 0 Å². The SMILES string of the molecule is CCC(CC)NCCS(=O)(=O)CC1CCCO1. The quantitative estimate of drug-likeness (QED) is 0.718. The third kappa shape index (κ3) is 5.84. The second kappa shape index (κ2) is 7.34. The van der Waals surface area contributed by atoms with Crippen LogP contribution in [0, 0.1) is 0 Å². The Labute approximate surface area is 105 Å². The number of nitrogens with one attached hydrogen (secondary N) is 1. The second-order valence-electron chi connectivity index (χ2n) is 4.72. The molecule has 0 aromatic carbocycles. The highest BCUT2D eigenvalue weighted by atomic mass is 32.2. The Morgan fingerprint density at radius 2 is 2.06 bits per heavy atom. The lowest BCUT2D eigenvalue weighted by molar-refractivity contribution is 0.127. The lowest BCUT2D eigenvalue weighted by atomic mass is 10.2. The predicted octanol–water partition coefficient (Wildman–Crippen LogP) is 1.36. The van der Waals surface area contributed by atoms with Crippen molar-refractivity contribution in [1.82, 2.24) is 5.32 Å². The fourth-order valence-corrected chi connectivity index (χ4v) is 3.56. The van der Waals surface area contributed by atoms with Crippen LogP contribution in [0.15, 0.2) is 0 Å². The molecule has 1 N–H and O–H groups in total. The number of hydrogen-bond donors (Lipinski definition) is 1. The molecule has 0 radical (unpaired) electrons. The summed E-state index contributed by atoms with van der Waals surface area (Å²) < 4.78 is 29.0. The molecule has 1 atom stereocenters. The molecule has 1 aliphatic heterocycles. The van der Waals surface area contributed by atoms with Gasteiger partial charge < -0.3 is 10.1 Å². The van der Waals surface area contributed by atoms with Crippen molar-refractivity contribution in [3.05, 3.63) is 0 Å². The molecule has 0 amide bonds. The van der Waals surface area contributed by atoms with E-state index in [0.717, 1.165) is 25.7 Å². The van der Waals surface area contributed by atoms with Gasteiger partial charge in [0.25, 0.3) is 0 Å². The van der Waals surface area contributed by atoms with Crippen LogP contribution in [0.25, 0.3) is 0 Å². The van der Waals surface area contributed by atoms with Crippen molar-refractivity contribution in [1.29, 1.82) is 0 Å². The third-order valence-corrected chi connectivity index (χ3v) is 5.00.